The molecule has 1 amide bonds. The van der Waals surface area contributed by atoms with E-state index in [-0.39, 0.29) is 5.91 Å². The second-order valence-corrected chi connectivity index (χ2v) is 6.14. The molecule has 0 aliphatic carbocycles. The van der Waals surface area contributed by atoms with Gasteiger partial charge in [-0.15, -0.1) is 0 Å². The zero-order valence-corrected chi connectivity index (χ0v) is 13.5. The number of hydrogen-bond acceptors (Lipinski definition) is 4. The number of rotatable bonds is 6. The second kappa shape index (κ2) is 6.52. The summed E-state index contributed by atoms with van der Waals surface area (Å²) in [6.07, 6.45) is 1.66. The first kappa shape index (κ1) is 15.7. The minimum atomic E-state index is -0.436. The third kappa shape index (κ3) is 3.28. The van der Waals surface area contributed by atoms with Crippen LogP contribution in [-0.2, 0) is 16.8 Å². The highest BCUT2D eigenvalue weighted by Gasteiger charge is 2.42. The third-order valence-corrected chi connectivity index (χ3v) is 4.08. The zero-order valence-electron chi connectivity index (χ0n) is 13.5. The number of likely N-dealkylation sites (N-methyl/N-ethyl adjacent to an activating group) is 1. The van der Waals surface area contributed by atoms with Crippen LogP contribution in [0, 0.1) is 0 Å². The molecule has 2 aromatic rings. The van der Waals surface area contributed by atoms with Crippen LogP contribution in [0.4, 0.5) is 0 Å². The van der Waals surface area contributed by atoms with Crippen molar-refractivity contribution in [2.24, 2.45) is 0 Å². The van der Waals surface area contributed by atoms with Crippen molar-refractivity contribution in [2.75, 3.05) is 33.9 Å². The SMILES string of the molecule is CN(C)CCn1nccc1C(=O)NC1(c2ccccc2)COC1. The van der Waals surface area contributed by atoms with E-state index in [4.69, 9.17) is 4.74 Å². The number of benzene rings is 1. The summed E-state index contributed by atoms with van der Waals surface area (Å²) in [5, 5.41) is 7.39. The minimum Gasteiger partial charge on any atom is -0.376 e. The van der Waals surface area contributed by atoms with Crippen molar-refractivity contribution in [1.82, 2.24) is 20.0 Å². The quantitative estimate of drug-likeness (QED) is 0.867. The molecule has 1 saturated heterocycles. The Kier molecular flexibility index (Phi) is 4.45. The lowest BCUT2D eigenvalue weighted by molar-refractivity contribution is -0.0735. The Bertz CT molecular complexity index is 662. The van der Waals surface area contributed by atoms with Gasteiger partial charge in [0, 0.05) is 12.7 Å². The van der Waals surface area contributed by atoms with Gasteiger partial charge in [-0.3, -0.25) is 9.48 Å². The van der Waals surface area contributed by atoms with Crippen molar-refractivity contribution >= 4 is 5.91 Å². The van der Waals surface area contributed by atoms with E-state index in [1.807, 2.05) is 44.4 Å². The second-order valence-electron chi connectivity index (χ2n) is 6.14. The van der Waals surface area contributed by atoms with Gasteiger partial charge in [-0.25, -0.2) is 0 Å². The molecule has 23 heavy (non-hydrogen) atoms. The maximum absolute atomic E-state index is 12.7. The maximum atomic E-state index is 12.7. The fraction of sp³-hybridized carbons (Fsp3) is 0.412. The van der Waals surface area contributed by atoms with E-state index in [0.29, 0.717) is 25.5 Å². The van der Waals surface area contributed by atoms with Crippen molar-refractivity contribution < 1.29 is 9.53 Å². The van der Waals surface area contributed by atoms with Crippen LogP contribution in [0.25, 0.3) is 0 Å². The monoisotopic (exact) mass is 314 g/mol. The van der Waals surface area contributed by atoms with Gasteiger partial charge < -0.3 is 15.0 Å². The van der Waals surface area contributed by atoms with Crippen LogP contribution in [-0.4, -0.2) is 54.4 Å². The first-order valence-electron chi connectivity index (χ1n) is 7.73. The van der Waals surface area contributed by atoms with Gasteiger partial charge in [0.25, 0.3) is 5.91 Å². The molecule has 0 spiro atoms. The van der Waals surface area contributed by atoms with E-state index in [1.165, 1.54) is 0 Å². The average molecular weight is 314 g/mol. The van der Waals surface area contributed by atoms with E-state index in [9.17, 15) is 4.79 Å². The molecule has 1 fully saturated rings. The molecule has 3 rings (SSSR count). The Morgan fingerprint density at radius 2 is 2.04 bits per heavy atom. The number of aromatic nitrogens is 2. The molecular weight excluding hydrogens is 292 g/mol. The van der Waals surface area contributed by atoms with Crippen molar-refractivity contribution in [3.63, 3.8) is 0 Å². The molecule has 2 heterocycles. The molecule has 0 saturated carbocycles. The van der Waals surface area contributed by atoms with Crippen LogP contribution in [0.1, 0.15) is 16.1 Å². The largest absolute Gasteiger partial charge is 0.376 e. The molecule has 0 unspecified atom stereocenters. The lowest BCUT2D eigenvalue weighted by atomic mass is 9.88. The molecule has 6 nitrogen and oxygen atoms in total. The molecule has 1 N–H and O–H groups in total. The molecule has 1 aromatic heterocycles. The molecule has 0 radical (unpaired) electrons. The molecule has 6 heteroatoms. The van der Waals surface area contributed by atoms with Crippen LogP contribution in [0.2, 0.25) is 0 Å². The summed E-state index contributed by atoms with van der Waals surface area (Å²) in [6, 6.07) is 11.7. The Morgan fingerprint density at radius 1 is 1.30 bits per heavy atom. The number of nitrogens with one attached hydrogen (secondary N) is 1. The van der Waals surface area contributed by atoms with Crippen LogP contribution < -0.4 is 5.32 Å². The number of ether oxygens (including phenoxy) is 1. The summed E-state index contributed by atoms with van der Waals surface area (Å²) >= 11 is 0. The van der Waals surface area contributed by atoms with Gasteiger partial charge in [-0.05, 0) is 25.7 Å². The van der Waals surface area contributed by atoms with Gasteiger partial charge >= 0.3 is 0 Å². The summed E-state index contributed by atoms with van der Waals surface area (Å²) in [5.41, 5.74) is 1.21. The normalized spacial score (nSPS) is 16.1. The summed E-state index contributed by atoms with van der Waals surface area (Å²) in [4.78, 5) is 14.8. The van der Waals surface area contributed by atoms with E-state index in [0.717, 1.165) is 12.1 Å². The number of nitrogens with zero attached hydrogens (tertiary/aromatic N) is 3. The van der Waals surface area contributed by atoms with Gasteiger partial charge in [0.2, 0.25) is 0 Å². The van der Waals surface area contributed by atoms with Crippen LogP contribution in [0.5, 0.6) is 0 Å². The topological polar surface area (TPSA) is 59.4 Å². The maximum Gasteiger partial charge on any atom is 0.270 e. The lowest BCUT2D eigenvalue weighted by Crippen LogP contribution is -2.59. The van der Waals surface area contributed by atoms with Gasteiger partial charge in [-0.2, -0.15) is 5.10 Å². The smallest absolute Gasteiger partial charge is 0.270 e. The number of carbonyl (C=O) groups is 1. The van der Waals surface area contributed by atoms with Gasteiger partial charge in [0.15, 0.2) is 0 Å². The van der Waals surface area contributed by atoms with Crippen molar-refractivity contribution in [2.45, 2.75) is 12.1 Å². The van der Waals surface area contributed by atoms with Crippen LogP contribution in [0.3, 0.4) is 0 Å². The number of carbonyl (C=O) groups excluding carboxylic acids is 1. The standard InChI is InChI=1S/C17H22N4O2/c1-20(2)10-11-21-15(8-9-18-21)16(22)19-17(12-23-13-17)14-6-4-3-5-7-14/h3-9H,10-13H2,1-2H3,(H,19,22). The van der Waals surface area contributed by atoms with E-state index in [1.54, 1.807) is 16.9 Å². The van der Waals surface area contributed by atoms with E-state index < -0.39 is 5.54 Å². The van der Waals surface area contributed by atoms with E-state index >= 15 is 0 Å². The molecule has 1 aromatic carbocycles. The molecular formula is C17H22N4O2. The number of amides is 1. The van der Waals surface area contributed by atoms with Gasteiger partial charge in [0.1, 0.15) is 11.2 Å². The van der Waals surface area contributed by atoms with Crippen LogP contribution >= 0.6 is 0 Å². The Labute approximate surface area is 136 Å². The molecule has 1 aliphatic heterocycles. The fourth-order valence-electron chi connectivity index (χ4n) is 2.65. The minimum absolute atomic E-state index is 0.117. The lowest BCUT2D eigenvalue weighted by Gasteiger charge is -2.42. The first-order chi connectivity index (χ1) is 11.1. The van der Waals surface area contributed by atoms with Crippen molar-refractivity contribution in [3.05, 3.63) is 53.9 Å². The van der Waals surface area contributed by atoms with E-state index in [2.05, 4.69) is 15.3 Å². The predicted molar refractivity (Wildman–Crippen MR) is 87.2 cm³/mol. The van der Waals surface area contributed by atoms with Crippen LogP contribution in [0.15, 0.2) is 42.6 Å². The first-order valence-corrected chi connectivity index (χ1v) is 7.73. The highest BCUT2D eigenvalue weighted by molar-refractivity contribution is 5.93. The van der Waals surface area contributed by atoms with Gasteiger partial charge in [0.05, 0.1) is 19.8 Å². The zero-order chi connectivity index (χ0) is 16.3. The van der Waals surface area contributed by atoms with Crippen molar-refractivity contribution in [3.8, 4) is 0 Å². The Morgan fingerprint density at radius 3 is 2.65 bits per heavy atom. The summed E-state index contributed by atoms with van der Waals surface area (Å²) in [7, 11) is 4.00. The van der Waals surface area contributed by atoms with Crippen molar-refractivity contribution in [1.29, 1.82) is 0 Å². The number of hydrogen-bond donors (Lipinski definition) is 1. The third-order valence-electron chi connectivity index (χ3n) is 4.08. The summed E-state index contributed by atoms with van der Waals surface area (Å²) in [6.45, 7) is 2.50. The van der Waals surface area contributed by atoms with Gasteiger partial charge in [-0.1, -0.05) is 30.3 Å². The average Bonchev–Trinajstić information content (AvgIpc) is 2.98. The fourth-order valence-corrected chi connectivity index (χ4v) is 2.65. The Hall–Kier alpha value is -2.18. The predicted octanol–water partition coefficient (Wildman–Crippen LogP) is 1.10. The molecule has 0 bridgehead atoms. The highest BCUT2D eigenvalue weighted by Crippen LogP contribution is 2.29. The highest BCUT2D eigenvalue weighted by atomic mass is 16.5. The Balaban J connectivity index is 1.75. The summed E-state index contributed by atoms with van der Waals surface area (Å²) in [5.74, 6) is -0.117. The molecule has 1 aliphatic rings. The molecule has 0 atom stereocenters. The summed E-state index contributed by atoms with van der Waals surface area (Å²) < 4.78 is 7.12. The molecule has 122 valence electrons.